The van der Waals surface area contributed by atoms with Crippen LogP contribution >= 0.6 is 23.4 Å². The third-order valence-corrected chi connectivity index (χ3v) is 4.59. The van der Waals surface area contributed by atoms with Crippen LogP contribution in [0.2, 0.25) is 5.02 Å². The van der Waals surface area contributed by atoms with Crippen LogP contribution in [0.25, 0.3) is 0 Å². The summed E-state index contributed by atoms with van der Waals surface area (Å²) < 4.78 is 11.3. The first-order valence-corrected chi connectivity index (χ1v) is 8.36. The van der Waals surface area contributed by atoms with Crippen molar-refractivity contribution in [1.82, 2.24) is 0 Å². The highest BCUT2D eigenvalue weighted by Gasteiger charge is 2.17. The molecule has 2 aromatic rings. The van der Waals surface area contributed by atoms with Gasteiger partial charge in [0.2, 0.25) is 0 Å². The smallest absolute Gasteiger partial charge is 0.180 e. The highest BCUT2D eigenvalue weighted by atomic mass is 35.5. The molecule has 0 atom stereocenters. The van der Waals surface area contributed by atoms with Crippen LogP contribution in [-0.4, -0.2) is 24.5 Å². The lowest BCUT2D eigenvalue weighted by Crippen LogP contribution is -2.01. The highest BCUT2D eigenvalue weighted by molar-refractivity contribution is 8.14. The van der Waals surface area contributed by atoms with E-state index in [0.29, 0.717) is 23.1 Å². The summed E-state index contributed by atoms with van der Waals surface area (Å²) in [7, 11) is 1.62. The molecule has 5 heteroatoms. The molecule has 0 aromatic heterocycles. The third kappa shape index (κ3) is 3.39. The van der Waals surface area contributed by atoms with Gasteiger partial charge in [-0.25, -0.2) is 0 Å². The number of ether oxygens (including phenoxy) is 2. The zero-order chi connectivity index (χ0) is 15.4. The van der Waals surface area contributed by atoms with E-state index in [1.54, 1.807) is 18.9 Å². The number of methoxy groups -OCH3 is 1. The minimum Gasteiger partial charge on any atom is -0.493 e. The van der Waals surface area contributed by atoms with E-state index < -0.39 is 0 Å². The van der Waals surface area contributed by atoms with Crippen molar-refractivity contribution in [2.24, 2.45) is 4.99 Å². The number of rotatable bonds is 5. The summed E-state index contributed by atoms with van der Waals surface area (Å²) in [6.07, 6.45) is 0. The Balaban J connectivity index is 1.84. The summed E-state index contributed by atoms with van der Waals surface area (Å²) in [6, 6.07) is 13.8. The summed E-state index contributed by atoms with van der Waals surface area (Å²) in [5.74, 6) is 2.22. The van der Waals surface area contributed by atoms with Gasteiger partial charge < -0.3 is 9.47 Å². The van der Waals surface area contributed by atoms with E-state index in [2.05, 4.69) is 4.99 Å². The minimum atomic E-state index is 0.450. The Hall–Kier alpha value is -1.65. The van der Waals surface area contributed by atoms with Crippen molar-refractivity contribution >= 4 is 28.4 Å². The van der Waals surface area contributed by atoms with Gasteiger partial charge in [0.05, 0.1) is 17.2 Å². The molecule has 22 heavy (non-hydrogen) atoms. The van der Waals surface area contributed by atoms with Gasteiger partial charge in [0.1, 0.15) is 6.61 Å². The molecule has 1 heterocycles. The number of benzene rings is 2. The molecule has 0 fully saturated rings. The average molecular weight is 334 g/mol. The molecule has 2 aromatic carbocycles. The summed E-state index contributed by atoms with van der Waals surface area (Å²) in [5, 5.41) is 1.55. The maximum atomic E-state index is 6.39. The number of hydrogen-bond acceptors (Lipinski definition) is 4. The van der Waals surface area contributed by atoms with E-state index in [9.17, 15) is 0 Å². The molecule has 0 bridgehead atoms. The van der Waals surface area contributed by atoms with Crippen LogP contribution in [0.4, 0.5) is 0 Å². The first-order valence-electron chi connectivity index (χ1n) is 7.00. The number of nitrogens with zero attached hydrogens (tertiary/aromatic N) is 1. The zero-order valence-corrected chi connectivity index (χ0v) is 13.8. The van der Waals surface area contributed by atoms with Gasteiger partial charge >= 0.3 is 0 Å². The Morgan fingerprint density at radius 2 is 2.05 bits per heavy atom. The Kier molecular flexibility index (Phi) is 4.90. The van der Waals surface area contributed by atoms with Gasteiger partial charge in [0.25, 0.3) is 0 Å². The summed E-state index contributed by atoms with van der Waals surface area (Å²) in [4.78, 5) is 4.47. The number of halogens is 1. The normalized spacial score (nSPS) is 13.8. The fourth-order valence-electron chi connectivity index (χ4n) is 2.22. The van der Waals surface area contributed by atoms with Crippen LogP contribution in [0.1, 0.15) is 11.1 Å². The summed E-state index contributed by atoms with van der Waals surface area (Å²) in [5.41, 5.74) is 2.07. The van der Waals surface area contributed by atoms with Crippen LogP contribution in [0.3, 0.4) is 0 Å². The standard InChI is InChI=1S/C17H16ClNO2S/c1-20-15-10-13(17-19-7-8-22-17)9-14(18)16(15)21-11-12-5-3-2-4-6-12/h2-6,9-10H,7-8,11H2,1H3. The largest absolute Gasteiger partial charge is 0.493 e. The van der Waals surface area contributed by atoms with E-state index in [4.69, 9.17) is 21.1 Å². The van der Waals surface area contributed by atoms with Crippen molar-refractivity contribution in [2.45, 2.75) is 6.61 Å². The summed E-state index contributed by atoms with van der Waals surface area (Å²) >= 11 is 8.12. The molecular weight excluding hydrogens is 318 g/mol. The maximum absolute atomic E-state index is 6.39. The zero-order valence-electron chi connectivity index (χ0n) is 12.2. The molecule has 1 aliphatic heterocycles. The van der Waals surface area contributed by atoms with Crippen molar-refractivity contribution in [3.8, 4) is 11.5 Å². The van der Waals surface area contributed by atoms with Crippen LogP contribution < -0.4 is 9.47 Å². The fourth-order valence-corrected chi connectivity index (χ4v) is 3.33. The molecule has 3 nitrogen and oxygen atoms in total. The van der Waals surface area contributed by atoms with E-state index in [1.165, 1.54) is 0 Å². The lowest BCUT2D eigenvalue weighted by Gasteiger charge is -2.14. The van der Waals surface area contributed by atoms with Crippen molar-refractivity contribution in [3.63, 3.8) is 0 Å². The van der Waals surface area contributed by atoms with Gasteiger partial charge in [-0.2, -0.15) is 0 Å². The molecule has 0 spiro atoms. The molecule has 3 rings (SSSR count). The van der Waals surface area contributed by atoms with Gasteiger partial charge in [-0.05, 0) is 17.7 Å². The molecule has 0 saturated carbocycles. The van der Waals surface area contributed by atoms with E-state index in [1.807, 2.05) is 42.5 Å². The van der Waals surface area contributed by atoms with E-state index >= 15 is 0 Å². The quantitative estimate of drug-likeness (QED) is 0.811. The van der Waals surface area contributed by atoms with Crippen LogP contribution in [0.5, 0.6) is 11.5 Å². The number of hydrogen-bond donors (Lipinski definition) is 0. The number of aliphatic imine (C=N–C) groups is 1. The molecule has 0 radical (unpaired) electrons. The van der Waals surface area contributed by atoms with Crippen molar-refractivity contribution < 1.29 is 9.47 Å². The molecule has 0 amide bonds. The molecule has 0 unspecified atom stereocenters. The molecule has 0 N–H and O–H groups in total. The van der Waals surface area contributed by atoms with Crippen molar-refractivity contribution in [1.29, 1.82) is 0 Å². The maximum Gasteiger partial charge on any atom is 0.180 e. The Bertz CT molecular complexity index is 689. The first kappa shape index (κ1) is 15.3. The molecule has 1 aliphatic rings. The Labute approximate surface area is 139 Å². The van der Waals surface area contributed by atoms with Gasteiger partial charge in [0, 0.05) is 17.9 Å². The highest BCUT2D eigenvalue weighted by Crippen LogP contribution is 2.38. The lowest BCUT2D eigenvalue weighted by molar-refractivity contribution is 0.284. The average Bonchev–Trinajstić information content (AvgIpc) is 3.08. The Morgan fingerprint density at radius 3 is 2.73 bits per heavy atom. The first-order chi connectivity index (χ1) is 10.8. The predicted molar refractivity (Wildman–Crippen MR) is 92.6 cm³/mol. The molecule has 0 saturated heterocycles. The van der Waals surface area contributed by atoms with Crippen LogP contribution in [0.15, 0.2) is 47.5 Å². The van der Waals surface area contributed by atoms with Crippen molar-refractivity contribution in [2.75, 3.05) is 19.4 Å². The monoisotopic (exact) mass is 333 g/mol. The third-order valence-electron chi connectivity index (χ3n) is 3.29. The molecular formula is C17H16ClNO2S. The number of thioether (sulfide) groups is 1. The second-order valence-electron chi connectivity index (χ2n) is 4.80. The van der Waals surface area contributed by atoms with Gasteiger partial charge in [-0.1, -0.05) is 41.9 Å². The Morgan fingerprint density at radius 1 is 1.23 bits per heavy atom. The second-order valence-corrected chi connectivity index (χ2v) is 6.29. The van der Waals surface area contributed by atoms with Crippen molar-refractivity contribution in [3.05, 3.63) is 58.6 Å². The second kappa shape index (κ2) is 7.07. The predicted octanol–water partition coefficient (Wildman–Crippen LogP) is 4.42. The van der Waals surface area contributed by atoms with Crippen LogP contribution in [-0.2, 0) is 6.61 Å². The minimum absolute atomic E-state index is 0.450. The van der Waals surface area contributed by atoms with Gasteiger partial charge in [0.15, 0.2) is 11.5 Å². The van der Waals surface area contributed by atoms with E-state index in [0.717, 1.165) is 28.5 Å². The topological polar surface area (TPSA) is 30.8 Å². The summed E-state index contributed by atoms with van der Waals surface area (Å²) in [6.45, 7) is 1.30. The van der Waals surface area contributed by atoms with E-state index in [-0.39, 0.29) is 0 Å². The molecule has 0 aliphatic carbocycles. The van der Waals surface area contributed by atoms with Gasteiger partial charge in [-0.3, -0.25) is 4.99 Å². The SMILES string of the molecule is COc1cc(C2=NCCS2)cc(Cl)c1OCc1ccccc1. The fraction of sp³-hybridized carbons (Fsp3) is 0.235. The van der Waals surface area contributed by atoms with Crippen LogP contribution in [0, 0.1) is 0 Å². The molecule has 114 valence electrons. The lowest BCUT2D eigenvalue weighted by atomic mass is 10.2. The van der Waals surface area contributed by atoms with Gasteiger partial charge in [-0.15, -0.1) is 11.8 Å².